The average Bonchev–Trinajstić information content (AvgIpc) is 3.00. The average molecular weight is 300 g/mol. The lowest BCUT2D eigenvalue weighted by Crippen LogP contribution is -2.17. The fourth-order valence-corrected chi connectivity index (χ4v) is 2.23. The summed E-state index contributed by atoms with van der Waals surface area (Å²) in [5.41, 5.74) is 2.02. The topological polar surface area (TPSA) is 42.2 Å². The summed E-state index contributed by atoms with van der Waals surface area (Å²) in [7, 11) is 1.96. The fraction of sp³-hybridized carbons (Fsp3) is 0.125. The Morgan fingerprint density at radius 1 is 1.14 bits per heavy atom. The molecular weight excluding hydrogens is 286 g/mol. The third kappa shape index (κ3) is 3.23. The minimum Gasteiger partial charge on any atom is -0.472 e. The van der Waals surface area contributed by atoms with Crippen molar-refractivity contribution in [3.05, 3.63) is 65.7 Å². The number of hydrogen-bond donors (Lipinski definition) is 0. The summed E-state index contributed by atoms with van der Waals surface area (Å²) in [6.45, 7) is 0.693. The molecule has 0 unspecified atom stereocenters. The fourth-order valence-electron chi connectivity index (χ4n) is 2.06. The molecule has 5 heteroatoms. The van der Waals surface area contributed by atoms with Crippen LogP contribution in [0.2, 0.25) is 5.15 Å². The first-order chi connectivity index (χ1) is 10.2. The van der Waals surface area contributed by atoms with Crippen LogP contribution in [0.4, 0.5) is 5.82 Å². The zero-order valence-electron chi connectivity index (χ0n) is 11.5. The molecule has 0 N–H and O–H groups in total. The van der Waals surface area contributed by atoms with Gasteiger partial charge in [0.15, 0.2) is 5.82 Å². The molecule has 0 radical (unpaired) electrons. The van der Waals surface area contributed by atoms with Gasteiger partial charge in [0.2, 0.25) is 0 Å². The van der Waals surface area contributed by atoms with Crippen molar-refractivity contribution in [2.75, 3.05) is 11.9 Å². The maximum Gasteiger partial charge on any atom is 0.163 e. The Hall–Kier alpha value is -2.33. The van der Waals surface area contributed by atoms with E-state index in [1.807, 2.05) is 48.3 Å². The van der Waals surface area contributed by atoms with Gasteiger partial charge in [-0.25, -0.2) is 9.97 Å². The molecule has 0 fully saturated rings. The molecule has 0 aliphatic rings. The van der Waals surface area contributed by atoms with Gasteiger partial charge in [-0.2, -0.15) is 0 Å². The van der Waals surface area contributed by atoms with Crippen LogP contribution in [0.25, 0.3) is 11.4 Å². The lowest BCUT2D eigenvalue weighted by atomic mass is 10.2. The molecule has 0 aliphatic heterocycles. The number of halogens is 1. The van der Waals surface area contributed by atoms with E-state index in [4.69, 9.17) is 16.0 Å². The van der Waals surface area contributed by atoms with Crippen molar-refractivity contribution in [2.45, 2.75) is 6.54 Å². The van der Waals surface area contributed by atoms with Crippen LogP contribution in [0.5, 0.6) is 0 Å². The normalized spacial score (nSPS) is 10.6. The highest BCUT2D eigenvalue weighted by Gasteiger charge is 2.10. The molecule has 0 saturated carbocycles. The maximum atomic E-state index is 6.13. The molecule has 0 saturated heterocycles. The molecule has 106 valence electrons. The molecule has 3 rings (SSSR count). The van der Waals surface area contributed by atoms with Crippen molar-refractivity contribution in [2.24, 2.45) is 0 Å². The zero-order chi connectivity index (χ0) is 14.7. The minimum absolute atomic E-state index is 0.429. The first-order valence-electron chi connectivity index (χ1n) is 6.54. The maximum absolute atomic E-state index is 6.13. The smallest absolute Gasteiger partial charge is 0.163 e. The predicted octanol–water partition coefficient (Wildman–Crippen LogP) is 4.03. The summed E-state index contributed by atoms with van der Waals surface area (Å²) >= 11 is 6.13. The van der Waals surface area contributed by atoms with Crippen molar-refractivity contribution >= 4 is 17.4 Å². The number of rotatable bonds is 4. The van der Waals surface area contributed by atoms with Crippen LogP contribution in [-0.2, 0) is 6.54 Å². The van der Waals surface area contributed by atoms with E-state index in [2.05, 4.69) is 9.97 Å². The van der Waals surface area contributed by atoms with Crippen molar-refractivity contribution in [1.82, 2.24) is 9.97 Å². The summed E-state index contributed by atoms with van der Waals surface area (Å²) in [6, 6.07) is 13.5. The molecule has 4 nitrogen and oxygen atoms in total. The Balaban J connectivity index is 1.90. The predicted molar refractivity (Wildman–Crippen MR) is 83.3 cm³/mol. The van der Waals surface area contributed by atoms with Gasteiger partial charge in [0.05, 0.1) is 12.5 Å². The zero-order valence-corrected chi connectivity index (χ0v) is 12.3. The first-order valence-corrected chi connectivity index (χ1v) is 6.92. The number of aromatic nitrogens is 2. The summed E-state index contributed by atoms with van der Waals surface area (Å²) in [4.78, 5) is 10.9. The number of hydrogen-bond acceptors (Lipinski definition) is 4. The van der Waals surface area contributed by atoms with Gasteiger partial charge in [-0.3, -0.25) is 0 Å². The molecule has 0 atom stereocenters. The van der Waals surface area contributed by atoms with E-state index in [9.17, 15) is 0 Å². The van der Waals surface area contributed by atoms with E-state index < -0.39 is 0 Å². The van der Waals surface area contributed by atoms with Crippen LogP contribution >= 0.6 is 11.6 Å². The number of furan rings is 1. The molecule has 2 aromatic heterocycles. The van der Waals surface area contributed by atoms with Crippen molar-refractivity contribution < 1.29 is 4.42 Å². The van der Waals surface area contributed by atoms with Crippen LogP contribution in [-0.4, -0.2) is 17.0 Å². The van der Waals surface area contributed by atoms with Crippen molar-refractivity contribution in [3.8, 4) is 11.4 Å². The lowest BCUT2D eigenvalue weighted by molar-refractivity contribution is 0.563. The van der Waals surface area contributed by atoms with Gasteiger partial charge >= 0.3 is 0 Å². The summed E-state index contributed by atoms with van der Waals surface area (Å²) < 4.78 is 5.08. The standard InChI is InChI=1S/C16H14ClN3O/c1-20(10-12-7-8-21-11-12)15-9-14(17)18-16(19-15)13-5-3-2-4-6-13/h2-9,11H,10H2,1H3. The van der Waals surface area contributed by atoms with Gasteiger partial charge in [-0.1, -0.05) is 41.9 Å². The quantitative estimate of drug-likeness (QED) is 0.682. The lowest BCUT2D eigenvalue weighted by Gasteiger charge is -2.18. The number of nitrogens with zero attached hydrogens (tertiary/aromatic N) is 3. The minimum atomic E-state index is 0.429. The summed E-state index contributed by atoms with van der Waals surface area (Å²) in [5.74, 6) is 1.40. The molecule has 1 aromatic carbocycles. The largest absolute Gasteiger partial charge is 0.472 e. The highest BCUT2D eigenvalue weighted by Crippen LogP contribution is 2.22. The van der Waals surface area contributed by atoms with Gasteiger partial charge in [-0.15, -0.1) is 0 Å². The molecule has 2 heterocycles. The van der Waals surface area contributed by atoms with Crippen LogP contribution < -0.4 is 4.90 Å². The van der Waals surface area contributed by atoms with Crippen molar-refractivity contribution in [3.63, 3.8) is 0 Å². The summed E-state index contributed by atoms with van der Waals surface area (Å²) in [6.07, 6.45) is 3.38. The van der Waals surface area contributed by atoms with Crippen LogP contribution in [0.15, 0.2) is 59.4 Å². The molecule has 0 spiro atoms. The van der Waals surface area contributed by atoms with Crippen LogP contribution in [0, 0.1) is 0 Å². The Kier molecular flexibility index (Phi) is 3.88. The van der Waals surface area contributed by atoms with Gasteiger partial charge < -0.3 is 9.32 Å². The Labute approximate surface area is 128 Å². The highest BCUT2D eigenvalue weighted by molar-refractivity contribution is 6.29. The van der Waals surface area contributed by atoms with E-state index >= 15 is 0 Å². The number of anilines is 1. The van der Waals surface area contributed by atoms with E-state index in [-0.39, 0.29) is 0 Å². The molecule has 0 aliphatic carbocycles. The first kappa shape index (κ1) is 13.6. The van der Waals surface area contributed by atoms with Gasteiger partial charge in [-0.05, 0) is 6.07 Å². The monoisotopic (exact) mass is 299 g/mol. The Morgan fingerprint density at radius 2 is 1.95 bits per heavy atom. The SMILES string of the molecule is CN(Cc1ccoc1)c1cc(Cl)nc(-c2ccccc2)n1. The van der Waals surface area contributed by atoms with E-state index in [0.717, 1.165) is 16.9 Å². The number of benzene rings is 1. The van der Waals surface area contributed by atoms with Gasteiger partial charge in [0, 0.05) is 30.8 Å². The Bertz CT molecular complexity index is 714. The van der Waals surface area contributed by atoms with Crippen LogP contribution in [0.1, 0.15) is 5.56 Å². The van der Waals surface area contributed by atoms with Crippen molar-refractivity contribution in [1.29, 1.82) is 0 Å². The van der Waals surface area contributed by atoms with E-state index in [1.54, 1.807) is 18.6 Å². The van der Waals surface area contributed by atoms with Gasteiger partial charge in [0.1, 0.15) is 11.0 Å². The second-order valence-corrected chi connectivity index (χ2v) is 5.11. The molecule has 0 bridgehead atoms. The van der Waals surface area contributed by atoms with E-state index in [0.29, 0.717) is 17.5 Å². The Morgan fingerprint density at radius 3 is 2.67 bits per heavy atom. The van der Waals surface area contributed by atoms with Crippen LogP contribution in [0.3, 0.4) is 0 Å². The molecule has 21 heavy (non-hydrogen) atoms. The molecular formula is C16H14ClN3O. The molecule has 0 amide bonds. The van der Waals surface area contributed by atoms with E-state index in [1.165, 1.54) is 0 Å². The summed E-state index contributed by atoms with van der Waals surface area (Å²) in [5, 5.41) is 0.429. The second kappa shape index (κ2) is 5.97. The highest BCUT2D eigenvalue weighted by atomic mass is 35.5. The van der Waals surface area contributed by atoms with Gasteiger partial charge in [0.25, 0.3) is 0 Å². The molecule has 3 aromatic rings. The third-order valence-electron chi connectivity index (χ3n) is 3.10. The third-order valence-corrected chi connectivity index (χ3v) is 3.30. The second-order valence-electron chi connectivity index (χ2n) is 4.73.